The van der Waals surface area contributed by atoms with Crippen molar-refractivity contribution in [3.8, 4) is 78.3 Å². The summed E-state index contributed by atoms with van der Waals surface area (Å²) in [7, 11) is -1.02. The smallest absolute Gasteiger partial charge is 0.400 e. The standard InChI is InChI=1S/C73H63B2N4O5.Ir/c1-70(2)71(3,4)82-74(81-70)58-23-17-21-50(43-58)66-36-33-53(45-76-66)62-27-12-14-29-64(62)55-40-56(65-30-15-13-28-63(65)54-34-37-67(77-46-54)51-22-18-24-59(44-51)75-83-72(5,6)73(7,8)84-75)42-57(41-55)69(80)79(60-25-10-9-11-26-60)61-35-38-68(78-47-61)52-32-31-48-19-16-20-49(48)39-52;/h9-15,17-18,23-31,33-47H,16,19-20H2,1-8H3;/q-3;+3. The van der Waals surface area contributed by atoms with E-state index in [2.05, 4.69) is 128 Å². The molecule has 85 heavy (non-hydrogen) atoms. The quantitative estimate of drug-likeness (QED) is 0.0882. The van der Waals surface area contributed by atoms with E-state index >= 15 is 4.79 Å². The summed E-state index contributed by atoms with van der Waals surface area (Å²) in [6.07, 6.45) is 8.91. The zero-order chi connectivity index (χ0) is 58.0. The third-order valence-electron chi connectivity index (χ3n) is 17.6. The van der Waals surface area contributed by atoms with E-state index < -0.39 is 36.6 Å². The van der Waals surface area contributed by atoms with E-state index in [0.717, 1.165) is 108 Å². The zero-order valence-electron chi connectivity index (χ0n) is 49.0. The fourth-order valence-electron chi connectivity index (χ4n) is 11.4. The van der Waals surface area contributed by atoms with Crippen molar-refractivity contribution in [2.24, 2.45) is 0 Å². The van der Waals surface area contributed by atoms with E-state index in [-0.39, 0.29) is 26.0 Å². The largest absolute Gasteiger partial charge is 3.00 e. The molecule has 1 aliphatic carbocycles. The summed E-state index contributed by atoms with van der Waals surface area (Å²) in [5.74, 6) is -0.215. The number of para-hydroxylation sites is 1. The van der Waals surface area contributed by atoms with Gasteiger partial charge in [-0.25, -0.2) is 0 Å². The molecule has 7 aromatic carbocycles. The van der Waals surface area contributed by atoms with Crippen molar-refractivity contribution in [2.75, 3.05) is 4.90 Å². The average molecular weight is 1290 g/mol. The molecule has 0 radical (unpaired) electrons. The van der Waals surface area contributed by atoms with Gasteiger partial charge in [0.15, 0.2) is 0 Å². The normalized spacial score (nSPS) is 16.2. The zero-order valence-corrected chi connectivity index (χ0v) is 51.4. The Labute approximate surface area is 513 Å². The number of aryl methyl sites for hydroxylation is 2. The Morgan fingerprint density at radius 2 is 0.882 bits per heavy atom. The molecule has 420 valence electrons. The molecule has 0 spiro atoms. The van der Waals surface area contributed by atoms with Crippen LogP contribution in [0.4, 0.5) is 11.4 Å². The first kappa shape index (κ1) is 57.5. The molecule has 0 unspecified atom stereocenters. The number of carbonyl (C=O) groups excluding carboxylic acids is 1. The number of hydrogen-bond donors (Lipinski definition) is 0. The van der Waals surface area contributed by atoms with Gasteiger partial charge in [0, 0.05) is 29.8 Å². The van der Waals surface area contributed by atoms with Gasteiger partial charge in [0.2, 0.25) is 0 Å². The molecule has 13 rings (SSSR count). The summed E-state index contributed by atoms with van der Waals surface area (Å²) in [5, 5.41) is 0. The van der Waals surface area contributed by atoms with Gasteiger partial charge in [0.1, 0.15) is 0 Å². The first-order chi connectivity index (χ1) is 40.5. The summed E-state index contributed by atoms with van der Waals surface area (Å²) < 4.78 is 25.6. The Kier molecular flexibility index (Phi) is 15.4. The van der Waals surface area contributed by atoms with Crippen LogP contribution < -0.4 is 15.8 Å². The van der Waals surface area contributed by atoms with Crippen LogP contribution in [0.5, 0.6) is 0 Å². The minimum atomic E-state index is -0.510. The van der Waals surface area contributed by atoms with Crippen LogP contribution in [-0.2, 0) is 51.6 Å². The molecule has 2 fully saturated rings. The van der Waals surface area contributed by atoms with Crippen molar-refractivity contribution in [1.29, 1.82) is 0 Å². The molecule has 2 aliphatic heterocycles. The second-order valence-electron chi connectivity index (χ2n) is 24.1. The monoisotopic (exact) mass is 1290 g/mol. The molecule has 3 aliphatic rings. The molecule has 0 bridgehead atoms. The fraction of sp³-hybridized carbons (Fsp3) is 0.205. The molecule has 3 aromatic heterocycles. The van der Waals surface area contributed by atoms with E-state index in [0.29, 0.717) is 16.9 Å². The van der Waals surface area contributed by atoms with Gasteiger partial charge in [-0.1, -0.05) is 110 Å². The fourth-order valence-corrected chi connectivity index (χ4v) is 11.4. The van der Waals surface area contributed by atoms with Gasteiger partial charge < -0.3 is 33.6 Å². The molecule has 0 atom stereocenters. The molecule has 0 N–H and O–H groups in total. The molecule has 0 saturated carbocycles. The van der Waals surface area contributed by atoms with Gasteiger partial charge in [-0.2, -0.15) is 0 Å². The topological polar surface area (TPSA) is 95.9 Å². The SMILES string of the molecule is CC1(C)OB(c2cc[c-]c(-c3ccc(-c4ccccc4-c4cc(C(=O)N(c5ccccc5)c5ccc(-c6[c-]cc7c(c6)CCC7)nc5)cc(-c5ccccc5-c5ccc(-c6[c-]ccc(B7OC(C)(C)C(C)(C)O7)c6)nc5)c4)cn3)c2)OC1(C)C.[Ir+3]. The third-order valence-corrected chi connectivity index (χ3v) is 17.6. The molecular formula is C73H63B2IrN4O5. The van der Waals surface area contributed by atoms with Crippen LogP contribution in [0.15, 0.2) is 201 Å². The molecule has 10 aromatic rings. The van der Waals surface area contributed by atoms with Crippen molar-refractivity contribution in [3.63, 3.8) is 0 Å². The van der Waals surface area contributed by atoms with E-state index in [9.17, 15) is 0 Å². The van der Waals surface area contributed by atoms with E-state index in [1.165, 1.54) is 11.1 Å². The number of nitrogens with zero attached hydrogens (tertiary/aromatic N) is 4. The Balaban J connectivity index is 0.00000709. The number of amides is 1. The first-order valence-electron chi connectivity index (χ1n) is 28.9. The third kappa shape index (κ3) is 11.2. The van der Waals surface area contributed by atoms with Crippen LogP contribution in [0.2, 0.25) is 0 Å². The predicted molar refractivity (Wildman–Crippen MR) is 337 cm³/mol. The molecule has 1 amide bonds. The molecular weight excluding hydrogens is 1230 g/mol. The minimum absolute atomic E-state index is 0. The summed E-state index contributed by atoms with van der Waals surface area (Å²) in [6, 6.07) is 71.2. The van der Waals surface area contributed by atoms with Crippen LogP contribution in [-0.4, -0.2) is 57.5 Å². The van der Waals surface area contributed by atoms with Gasteiger partial charge in [0.05, 0.1) is 28.1 Å². The second-order valence-corrected chi connectivity index (χ2v) is 24.1. The Morgan fingerprint density at radius 3 is 1.34 bits per heavy atom. The minimum Gasteiger partial charge on any atom is -0.400 e. The average Bonchev–Trinajstić information content (AvgIpc) is 2.34. The van der Waals surface area contributed by atoms with E-state index in [1.54, 1.807) is 11.1 Å². The Hall–Kier alpha value is -7.92. The number of anilines is 2. The maximum atomic E-state index is 15.8. The number of carbonyl (C=O) groups is 1. The van der Waals surface area contributed by atoms with Crippen molar-refractivity contribution in [1.82, 2.24) is 15.0 Å². The van der Waals surface area contributed by atoms with Crippen LogP contribution in [0.1, 0.15) is 83.3 Å². The number of pyridine rings is 3. The molecule has 9 nitrogen and oxygen atoms in total. The van der Waals surface area contributed by atoms with Gasteiger partial charge in [0.25, 0.3) is 5.91 Å². The summed E-state index contributed by atoms with van der Waals surface area (Å²) >= 11 is 0. The number of benzene rings is 7. The predicted octanol–water partition coefficient (Wildman–Crippen LogP) is 15.0. The van der Waals surface area contributed by atoms with Gasteiger partial charge in [-0.15, -0.1) is 105 Å². The first-order valence-corrected chi connectivity index (χ1v) is 28.9. The Bertz CT molecular complexity index is 3900. The number of aromatic nitrogens is 3. The number of hydrogen-bond acceptors (Lipinski definition) is 8. The van der Waals surface area contributed by atoms with Gasteiger partial charge >= 0.3 is 34.3 Å². The van der Waals surface area contributed by atoms with Gasteiger partial charge in [-0.05, 0) is 160 Å². The van der Waals surface area contributed by atoms with Crippen molar-refractivity contribution < 1.29 is 43.5 Å². The Morgan fingerprint density at radius 1 is 0.447 bits per heavy atom. The van der Waals surface area contributed by atoms with Crippen molar-refractivity contribution >= 4 is 42.4 Å². The van der Waals surface area contributed by atoms with Crippen LogP contribution in [0.3, 0.4) is 0 Å². The van der Waals surface area contributed by atoms with Gasteiger partial charge in [-0.3, -0.25) is 9.69 Å². The van der Waals surface area contributed by atoms with Crippen LogP contribution >= 0.6 is 0 Å². The van der Waals surface area contributed by atoms with Crippen LogP contribution in [0.25, 0.3) is 78.3 Å². The van der Waals surface area contributed by atoms with E-state index in [4.69, 9.17) is 33.6 Å². The van der Waals surface area contributed by atoms with E-state index in [1.807, 2.05) is 140 Å². The van der Waals surface area contributed by atoms with Crippen LogP contribution in [0, 0.1) is 18.2 Å². The molecule has 12 heteroatoms. The maximum Gasteiger partial charge on any atom is 3.00 e. The maximum absolute atomic E-state index is 15.8. The number of rotatable bonds is 12. The summed E-state index contributed by atoms with van der Waals surface area (Å²) in [4.78, 5) is 32.6. The summed E-state index contributed by atoms with van der Waals surface area (Å²) in [6.45, 7) is 16.5. The molecule has 5 heterocycles. The van der Waals surface area contributed by atoms with Crippen molar-refractivity contribution in [2.45, 2.75) is 97.1 Å². The second kappa shape index (κ2) is 22.8. The summed E-state index contributed by atoms with van der Waals surface area (Å²) in [5.41, 5.74) is 16.8. The molecule has 2 saturated heterocycles. The van der Waals surface area contributed by atoms with Crippen molar-refractivity contribution in [3.05, 3.63) is 235 Å². The number of fused-ring (bicyclic) bond motifs is 1.